The molecule has 2 aliphatic rings. The second-order valence-electron chi connectivity index (χ2n) is 6.68. The summed E-state index contributed by atoms with van der Waals surface area (Å²) in [7, 11) is 0. The molecule has 0 unspecified atom stereocenters. The van der Waals surface area contributed by atoms with Crippen LogP contribution in [0.1, 0.15) is 37.7 Å². The Balaban J connectivity index is 1.59. The Morgan fingerprint density at radius 3 is 2.77 bits per heavy atom. The van der Waals surface area contributed by atoms with Crippen molar-refractivity contribution in [2.75, 3.05) is 6.54 Å². The number of ether oxygens (including phenoxy) is 1. The summed E-state index contributed by atoms with van der Waals surface area (Å²) in [5.74, 6) is 0.611. The van der Waals surface area contributed by atoms with Gasteiger partial charge in [-0.15, -0.1) is 0 Å². The lowest BCUT2D eigenvalue weighted by molar-refractivity contribution is -0.506. The Bertz CT molecular complexity index is 559. The highest BCUT2D eigenvalue weighted by molar-refractivity contribution is 5.70. The van der Waals surface area contributed by atoms with Crippen LogP contribution in [-0.2, 0) is 16.1 Å². The van der Waals surface area contributed by atoms with E-state index in [1.807, 2.05) is 30.3 Å². The third-order valence-electron chi connectivity index (χ3n) is 5.30. The Kier molecular flexibility index (Phi) is 4.14. The van der Waals surface area contributed by atoms with E-state index in [1.54, 1.807) is 0 Å². The standard InChI is InChI=1S/C17H21NO4/c19-16(22-11-13-5-2-1-3-6-13)10-17(12-18(20)21)9-14-7-4-8-15(14)17/h1-3,5-6,14-15H,4,7-12H2/t14-,15-,17-/m0/s1. The maximum atomic E-state index is 12.2. The average molecular weight is 303 g/mol. The minimum Gasteiger partial charge on any atom is -0.461 e. The third-order valence-corrected chi connectivity index (χ3v) is 5.30. The number of benzene rings is 1. The molecule has 0 radical (unpaired) electrons. The van der Waals surface area contributed by atoms with Gasteiger partial charge in [-0.3, -0.25) is 14.9 Å². The maximum absolute atomic E-state index is 12.2. The first-order chi connectivity index (χ1) is 10.6. The van der Waals surface area contributed by atoms with Gasteiger partial charge in [0.2, 0.25) is 6.54 Å². The predicted molar refractivity (Wildman–Crippen MR) is 80.6 cm³/mol. The van der Waals surface area contributed by atoms with Gasteiger partial charge < -0.3 is 4.74 Å². The molecule has 0 saturated heterocycles. The first kappa shape index (κ1) is 15.0. The van der Waals surface area contributed by atoms with Crippen LogP contribution in [-0.4, -0.2) is 17.4 Å². The molecule has 0 aliphatic heterocycles. The minimum atomic E-state index is -0.460. The largest absolute Gasteiger partial charge is 0.461 e. The van der Waals surface area contributed by atoms with E-state index < -0.39 is 5.41 Å². The highest BCUT2D eigenvalue weighted by Crippen LogP contribution is 2.60. The Labute approximate surface area is 129 Å². The van der Waals surface area contributed by atoms with E-state index in [0.29, 0.717) is 11.8 Å². The number of esters is 1. The number of carbonyl (C=O) groups is 1. The lowest BCUT2D eigenvalue weighted by Crippen LogP contribution is -2.51. The summed E-state index contributed by atoms with van der Waals surface area (Å²) in [6.07, 6.45) is 4.29. The van der Waals surface area contributed by atoms with Crippen LogP contribution in [0, 0.1) is 27.4 Å². The number of nitrogens with zero attached hydrogens (tertiary/aromatic N) is 1. The fraction of sp³-hybridized carbons (Fsp3) is 0.588. The average Bonchev–Trinajstić information content (AvgIpc) is 2.88. The zero-order valence-corrected chi connectivity index (χ0v) is 12.6. The van der Waals surface area contributed by atoms with Crippen molar-refractivity contribution in [1.29, 1.82) is 0 Å². The van der Waals surface area contributed by atoms with Crippen LogP contribution in [0.2, 0.25) is 0 Å². The molecular weight excluding hydrogens is 282 g/mol. The van der Waals surface area contributed by atoms with Crippen molar-refractivity contribution in [3.63, 3.8) is 0 Å². The van der Waals surface area contributed by atoms with Crippen LogP contribution in [0.25, 0.3) is 0 Å². The molecule has 3 atom stereocenters. The van der Waals surface area contributed by atoms with Gasteiger partial charge in [0, 0.05) is 10.3 Å². The fourth-order valence-electron chi connectivity index (χ4n) is 4.38. The summed E-state index contributed by atoms with van der Waals surface area (Å²) in [6.45, 7) is 0.136. The van der Waals surface area contributed by atoms with E-state index >= 15 is 0 Å². The van der Waals surface area contributed by atoms with Crippen molar-refractivity contribution in [3.8, 4) is 0 Å². The summed E-state index contributed by atoms with van der Waals surface area (Å²) >= 11 is 0. The van der Waals surface area contributed by atoms with Gasteiger partial charge in [0.05, 0.1) is 6.42 Å². The first-order valence-electron chi connectivity index (χ1n) is 7.90. The van der Waals surface area contributed by atoms with Crippen LogP contribution in [0.4, 0.5) is 0 Å². The highest BCUT2D eigenvalue weighted by atomic mass is 16.6. The summed E-state index contributed by atoms with van der Waals surface area (Å²) in [4.78, 5) is 22.9. The molecule has 2 fully saturated rings. The number of fused-ring (bicyclic) bond motifs is 1. The monoisotopic (exact) mass is 303 g/mol. The van der Waals surface area contributed by atoms with Crippen molar-refractivity contribution >= 4 is 5.97 Å². The van der Waals surface area contributed by atoms with E-state index in [-0.39, 0.29) is 30.5 Å². The summed E-state index contributed by atoms with van der Waals surface area (Å²) in [5, 5.41) is 11.0. The summed E-state index contributed by atoms with van der Waals surface area (Å²) in [6, 6.07) is 9.50. The van der Waals surface area contributed by atoms with Crippen molar-refractivity contribution in [3.05, 3.63) is 46.0 Å². The molecule has 3 rings (SSSR count). The molecule has 5 heteroatoms. The highest BCUT2D eigenvalue weighted by Gasteiger charge is 2.59. The van der Waals surface area contributed by atoms with Crippen LogP contribution in [0.3, 0.4) is 0 Å². The van der Waals surface area contributed by atoms with Crippen LogP contribution < -0.4 is 0 Å². The Morgan fingerprint density at radius 2 is 2.09 bits per heavy atom. The third kappa shape index (κ3) is 2.98. The molecule has 0 spiro atoms. The number of hydrogen-bond donors (Lipinski definition) is 0. The van der Waals surface area contributed by atoms with E-state index in [9.17, 15) is 14.9 Å². The summed E-state index contributed by atoms with van der Waals surface area (Å²) < 4.78 is 5.33. The Morgan fingerprint density at radius 1 is 1.32 bits per heavy atom. The zero-order valence-electron chi connectivity index (χ0n) is 12.6. The van der Waals surface area contributed by atoms with Crippen LogP contribution >= 0.6 is 0 Å². The van der Waals surface area contributed by atoms with Gasteiger partial charge in [-0.05, 0) is 30.2 Å². The number of nitro groups is 1. The molecule has 118 valence electrons. The van der Waals surface area contributed by atoms with Crippen molar-refractivity contribution in [2.45, 2.75) is 38.7 Å². The van der Waals surface area contributed by atoms with E-state index in [2.05, 4.69) is 0 Å². The van der Waals surface area contributed by atoms with Gasteiger partial charge in [-0.1, -0.05) is 43.2 Å². The van der Waals surface area contributed by atoms with Gasteiger partial charge in [0.1, 0.15) is 6.61 Å². The Hall–Kier alpha value is -1.91. The molecule has 1 aromatic rings. The van der Waals surface area contributed by atoms with Crippen molar-refractivity contribution in [2.24, 2.45) is 17.3 Å². The van der Waals surface area contributed by atoms with Crippen molar-refractivity contribution in [1.82, 2.24) is 0 Å². The second kappa shape index (κ2) is 6.07. The number of hydrogen-bond acceptors (Lipinski definition) is 4. The molecular formula is C17H21NO4. The molecule has 0 heterocycles. The van der Waals surface area contributed by atoms with E-state index in [4.69, 9.17) is 4.74 Å². The van der Waals surface area contributed by atoms with E-state index in [0.717, 1.165) is 31.2 Å². The van der Waals surface area contributed by atoms with Gasteiger partial charge >= 0.3 is 5.97 Å². The lowest BCUT2D eigenvalue weighted by Gasteiger charge is -2.49. The number of carbonyl (C=O) groups excluding carboxylic acids is 1. The molecule has 0 bridgehead atoms. The molecule has 5 nitrogen and oxygen atoms in total. The predicted octanol–water partition coefficient (Wildman–Crippen LogP) is 3.20. The lowest BCUT2D eigenvalue weighted by atomic mass is 9.53. The quantitative estimate of drug-likeness (QED) is 0.460. The first-order valence-corrected chi connectivity index (χ1v) is 7.90. The maximum Gasteiger partial charge on any atom is 0.306 e. The van der Waals surface area contributed by atoms with E-state index in [1.165, 1.54) is 0 Å². The minimum absolute atomic E-state index is 0.103. The van der Waals surface area contributed by atoms with Gasteiger partial charge in [0.15, 0.2) is 0 Å². The fourth-order valence-corrected chi connectivity index (χ4v) is 4.38. The molecule has 22 heavy (non-hydrogen) atoms. The zero-order chi connectivity index (χ0) is 15.6. The SMILES string of the molecule is O=C(C[C@]1(C[N+](=O)[O-])C[C@@H]2CCC[C@@H]21)OCc1ccccc1. The van der Waals surface area contributed by atoms with Gasteiger partial charge in [-0.25, -0.2) is 0 Å². The molecule has 1 aromatic carbocycles. The molecule has 0 amide bonds. The number of rotatable bonds is 6. The summed E-state index contributed by atoms with van der Waals surface area (Å²) in [5.41, 5.74) is 0.477. The topological polar surface area (TPSA) is 69.4 Å². The van der Waals surface area contributed by atoms with Crippen LogP contribution in [0.15, 0.2) is 30.3 Å². The van der Waals surface area contributed by atoms with Gasteiger partial charge in [0.25, 0.3) is 0 Å². The molecule has 0 N–H and O–H groups in total. The molecule has 2 aliphatic carbocycles. The van der Waals surface area contributed by atoms with Gasteiger partial charge in [-0.2, -0.15) is 0 Å². The van der Waals surface area contributed by atoms with Crippen molar-refractivity contribution < 1.29 is 14.5 Å². The normalized spacial score (nSPS) is 29.5. The molecule has 0 aromatic heterocycles. The van der Waals surface area contributed by atoms with Crippen LogP contribution in [0.5, 0.6) is 0 Å². The molecule has 2 saturated carbocycles. The smallest absolute Gasteiger partial charge is 0.306 e. The second-order valence-corrected chi connectivity index (χ2v) is 6.68.